The van der Waals surface area contributed by atoms with Gasteiger partial charge in [0.1, 0.15) is 17.3 Å². The molecule has 0 unspecified atom stereocenters. The van der Waals surface area contributed by atoms with Crippen molar-refractivity contribution in [3.63, 3.8) is 0 Å². The topological polar surface area (TPSA) is 45.7 Å². The highest BCUT2D eigenvalue weighted by atomic mass is 16.5. The molecule has 62 heavy (non-hydrogen) atoms. The lowest BCUT2D eigenvalue weighted by molar-refractivity contribution is -0.599. The summed E-state index contributed by atoms with van der Waals surface area (Å²) in [5.41, 5.74) is 11.1. The Kier molecular flexibility index (Phi) is 7.87. The van der Waals surface area contributed by atoms with Gasteiger partial charge in [-0.15, -0.1) is 0 Å². The molecular formula is C55H42N6O. The van der Waals surface area contributed by atoms with Crippen LogP contribution in [-0.4, -0.2) is 23.3 Å². The molecule has 0 aliphatic carbocycles. The first-order chi connectivity index (χ1) is 30.3. The molecule has 0 atom stereocenters. The van der Waals surface area contributed by atoms with Crippen LogP contribution in [0.4, 0.5) is 0 Å². The van der Waals surface area contributed by atoms with Crippen LogP contribution in [0.3, 0.4) is 0 Å². The smallest absolute Gasteiger partial charge is 0.268 e. The van der Waals surface area contributed by atoms with Crippen LogP contribution in [0, 0.1) is 6.33 Å². The average molecular weight is 803 g/mol. The van der Waals surface area contributed by atoms with Crippen molar-refractivity contribution in [1.29, 1.82) is 0 Å². The number of aromatic nitrogens is 6. The first-order valence-corrected chi connectivity index (χ1v) is 21.1. The van der Waals surface area contributed by atoms with Gasteiger partial charge in [-0.25, -0.2) is 4.98 Å². The molecule has 7 nitrogen and oxygen atoms in total. The van der Waals surface area contributed by atoms with Crippen LogP contribution >= 0.6 is 0 Å². The summed E-state index contributed by atoms with van der Waals surface area (Å²) in [5.74, 6) is 2.33. The van der Waals surface area contributed by atoms with E-state index in [1.165, 1.54) is 49.0 Å². The molecular weight excluding hydrogens is 761 g/mol. The van der Waals surface area contributed by atoms with Crippen molar-refractivity contribution in [2.24, 2.45) is 7.05 Å². The molecule has 12 aromatic rings. The number of pyridine rings is 1. The first-order valence-electron chi connectivity index (χ1n) is 21.1. The summed E-state index contributed by atoms with van der Waals surface area (Å²) in [7, 11) is 2.21. The molecule has 0 fully saturated rings. The van der Waals surface area contributed by atoms with Gasteiger partial charge in [-0.1, -0.05) is 99.6 Å². The molecule has 0 saturated heterocycles. The Morgan fingerprint density at radius 1 is 0.548 bits per heavy atom. The van der Waals surface area contributed by atoms with Gasteiger partial charge in [0.25, 0.3) is 6.33 Å². The molecule has 0 bridgehead atoms. The summed E-state index contributed by atoms with van der Waals surface area (Å²) in [4.78, 5) is 5.16. The molecule has 298 valence electrons. The number of nitrogens with zero attached hydrogens (tertiary/aromatic N) is 6. The maximum Gasteiger partial charge on any atom is 0.268 e. The minimum atomic E-state index is -0.0847. The number of imidazole rings is 1. The second-order valence-electron chi connectivity index (χ2n) is 17.2. The quantitative estimate of drug-likeness (QED) is 0.124. The van der Waals surface area contributed by atoms with Gasteiger partial charge in [-0.3, -0.25) is 13.7 Å². The monoisotopic (exact) mass is 802 g/mol. The molecule has 0 N–H and O–H groups in total. The van der Waals surface area contributed by atoms with E-state index in [1.54, 1.807) is 0 Å². The Morgan fingerprint density at radius 3 is 1.98 bits per heavy atom. The summed E-state index contributed by atoms with van der Waals surface area (Å²) in [5, 5.41) is 7.16. The standard InChI is InChI=1S/C55H42N6O/c1-55(2,3)36-28-29-56-48(32-36)61-47-34-41(62-40-21-15-20-39(33-40)59-31-30-58(35-59)37-16-7-5-8-17-37)26-27-44(47)50-49-43-23-12-14-25-46(43)60(38-18-9-6-10-19-38)52(49)51-42-22-11-13-24-45(42)57(4)53(51)54(50)61/h5-34H,1-4H3. The number of hydrogen-bond donors (Lipinski definition) is 0. The van der Waals surface area contributed by atoms with Crippen molar-refractivity contribution in [3.05, 3.63) is 194 Å². The highest BCUT2D eigenvalue weighted by molar-refractivity contribution is 6.40. The molecule has 7 heteroatoms. The second kappa shape index (κ2) is 13.6. The fourth-order valence-electron chi connectivity index (χ4n) is 9.56. The largest absolute Gasteiger partial charge is 0.458 e. The third-order valence-electron chi connectivity index (χ3n) is 12.4. The fraction of sp³-hybridized carbons (Fsp3) is 0.0909. The minimum Gasteiger partial charge on any atom is -0.458 e. The molecule has 5 aromatic heterocycles. The van der Waals surface area contributed by atoms with E-state index in [0.29, 0.717) is 0 Å². The minimum absolute atomic E-state index is 0.0847. The first kappa shape index (κ1) is 36.0. The number of hydrogen-bond acceptors (Lipinski definition) is 2. The maximum atomic E-state index is 6.81. The molecule has 0 spiro atoms. The number of para-hydroxylation sites is 4. The molecule has 0 saturated carbocycles. The van der Waals surface area contributed by atoms with Gasteiger partial charge in [0, 0.05) is 75.2 Å². The van der Waals surface area contributed by atoms with E-state index in [4.69, 9.17) is 9.72 Å². The summed E-state index contributed by atoms with van der Waals surface area (Å²) in [6.07, 6.45) is 9.43. The zero-order valence-corrected chi connectivity index (χ0v) is 34.9. The van der Waals surface area contributed by atoms with Crippen LogP contribution in [0.2, 0.25) is 0 Å². The van der Waals surface area contributed by atoms with Crippen molar-refractivity contribution in [1.82, 2.24) is 23.3 Å². The Morgan fingerprint density at radius 2 is 1.21 bits per heavy atom. The second-order valence-corrected chi connectivity index (χ2v) is 17.2. The number of benzene rings is 7. The van der Waals surface area contributed by atoms with E-state index in [0.717, 1.165) is 56.3 Å². The van der Waals surface area contributed by atoms with Crippen molar-refractivity contribution in [3.8, 4) is 34.4 Å². The van der Waals surface area contributed by atoms with Crippen molar-refractivity contribution in [2.75, 3.05) is 0 Å². The van der Waals surface area contributed by atoms with E-state index >= 15 is 0 Å². The maximum absolute atomic E-state index is 6.81. The third-order valence-corrected chi connectivity index (χ3v) is 12.4. The van der Waals surface area contributed by atoms with Gasteiger partial charge in [0.2, 0.25) is 0 Å². The third kappa shape index (κ3) is 5.44. The fourth-order valence-corrected chi connectivity index (χ4v) is 9.56. The van der Waals surface area contributed by atoms with Crippen LogP contribution in [0.5, 0.6) is 11.5 Å². The van der Waals surface area contributed by atoms with Crippen LogP contribution in [0.1, 0.15) is 26.3 Å². The van der Waals surface area contributed by atoms with Crippen LogP contribution in [-0.2, 0) is 12.5 Å². The molecule has 0 amide bonds. The van der Waals surface area contributed by atoms with E-state index in [9.17, 15) is 0 Å². The molecule has 0 aliphatic heterocycles. The normalized spacial score (nSPS) is 12.2. The molecule has 7 aromatic carbocycles. The van der Waals surface area contributed by atoms with Crippen molar-refractivity contribution < 1.29 is 9.30 Å². The van der Waals surface area contributed by atoms with E-state index in [1.807, 2.05) is 58.1 Å². The van der Waals surface area contributed by atoms with Crippen molar-refractivity contribution >= 4 is 65.4 Å². The van der Waals surface area contributed by atoms with Crippen LogP contribution < -0.4 is 9.30 Å². The van der Waals surface area contributed by atoms with E-state index in [-0.39, 0.29) is 5.41 Å². The Labute approximate surface area is 358 Å². The van der Waals surface area contributed by atoms with E-state index in [2.05, 4.69) is 181 Å². The molecule has 0 aliphatic rings. The SMILES string of the molecule is Cn1c2ccccc2c2c1c1c(c3ccc(Oc4cccc(-[n+]5[c-]n(-c6ccccc6)cc5)c4)cc3n1-c1cc(C(C)(C)C)ccn1)c1c3ccccc3n(-c3ccccc3)c12. The number of ether oxygens (including phenoxy) is 1. The molecule has 0 radical (unpaired) electrons. The van der Waals surface area contributed by atoms with Gasteiger partial charge >= 0.3 is 0 Å². The molecule has 12 rings (SSSR count). The number of aryl methyl sites for hydroxylation is 1. The van der Waals surface area contributed by atoms with Gasteiger partial charge < -0.3 is 13.9 Å². The highest BCUT2D eigenvalue weighted by Crippen LogP contribution is 2.49. The lowest BCUT2D eigenvalue weighted by atomic mass is 9.88. The van der Waals surface area contributed by atoms with Gasteiger partial charge in [-0.2, -0.15) is 0 Å². The lowest BCUT2D eigenvalue weighted by Gasteiger charge is -2.20. The number of rotatable bonds is 6. The van der Waals surface area contributed by atoms with Gasteiger partial charge in [-0.05, 0) is 89.8 Å². The Hall–Kier alpha value is -7.90. The summed E-state index contributed by atoms with van der Waals surface area (Å²) < 4.78 is 18.0. The van der Waals surface area contributed by atoms with Gasteiger partial charge in [0.05, 0.1) is 39.0 Å². The zero-order valence-electron chi connectivity index (χ0n) is 34.9. The molecule has 5 heterocycles. The lowest BCUT2D eigenvalue weighted by Crippen LogP contribution is -2.28. The zero-order chi connectivity index (χ0) is 41.7. The predicted octanol–water partition coefficient (Wildman–Crippen LogP) is 12.9. The predicted molar refractivity (Wildman–Crippen MR) is 252 cm³/mol. The average Bonchev–Trinajstić information content (AvgIpc) is 4.08. The van der Waals surface area contributed by atoms with E-state index < -0.39 is 0 Å². The summed E-state index contributed by atoms with van der Waals surface area (Å²) in [6, 6.07) is 57.8. The number of fused-ring (bicyclic) bond motifs is 12. The highest BCUT2D eigenvalue weighted by Gasteiger charge is 2.28. The van der Waals surface area contributed by atoms with Crippen LogP contribution in [0.25, 0.3) is 88.3 Å². The van der Waals surface area contributed by atoms with Gasteiger partial charge in [0.15, 0.2) is 0 Å². The Bertz CT molecular complexity index is 3710. The van der Waals surface area contributed by atoms with Crippen molar-refractivity contribution in [2.45, 2.75) is 26.2 Å². The summed E-state index contributed by atoms with van der Waals surface area (Å²) >= 11 is 0. The summed E-state index contributed by atoms with van der Waals surface area (Å²) in [6.45, 7) is 6.78. The Balaban J connectivity index is 1.16. The van der Waals surface area contributed by atoms with Crippen LogP contribution in [0.15, 0.2) is 182 Å².